The molecule has 0 aromatic carbocycles. The first-order chi connectivity index (χ1) is 25.8. The van der Waals surface area contributed by atoms with Crippen molar-refractivity contribution < 1.29 is 0 Å². The van der Waals surface area contributed by atoms with Crippen LogP contribution < -0.4 is 0 Å². The third kappa shape index (κ3) is 86.0. The van der Waals surface area contributed by atoms with E-state index in [1.165, 1.54) is 128 Å². The Morgan fingerprint density at radius 2 is 0.821 bits per heavy atom. The Bertz CT molecular complexity index is 625. The molecule has 348 valence electrons. The third-order valence-electron chi connectivity index (χ3n) is 11.9. The topological polar surface area (TPSA) is 0 Å². The van der Waals surface area contributed by atoms with Crippen LogP contribution in [0.25, 0.3) is 0 Å². The molecule has 0 N–H and O–H groups in total. The van der Waals surface area contributed by atoms with Gasteiger partial charge in [0, 0.05) is 0 Å². The molecule has 0 aliphatic heterocycles. The summed E-state index contributed by atoms with van der Waals surface area (Å²) in [6.07, 6.45) is 28.2. The maximum absolute atomic E-state index is 2.31. The quantitative estimate of drug-likeness (QED) is 0.183. The van der Waals surface area contributed by atoms with Gasteiger partial charge in [-0.3, -0.25) is 0 Å². The molecule has 56 heavy (non-hydrogen) atoms. The zero-order chi connectivity index (χ0) is 45.3. The molecular formula is C56H124. The predicted molar refractivity (Wildman–Crippen MR) is 270 cm³/mol. The van der Waals surface area contributed by atoms with Crippen molar-refractivity contribution in [1.29, 1.82) is 0 Å². The Kier molecular flexibility index (Phi) is 55.7. The average Bonchev–Trinajstić information content (AvgIpc) is 4.06. The Labute approximate surface area is 364 Å². The van der Waals surface area contributed by atoms with E-state index in [2.05, 4.69) is 173 Å². The molecule has 4 aliphatic carbocycles. The fourth-order valence-corrected chi connectivity index (χ4v) is 3.84. The van der Waals surface area contributed by atoms with Gasteiger partial charge in [-0.25, -0.2) is 0 Å². The van der Waals surface area contributed by atoms with Gasteiger partial charge in [0.25, 0.3) is 0 Å². The van der Waals surface area contributed by atoms with Crippen molar-refractivity contribution in [2.24, 2.45) is 64.1 Å². The van der Waals surface area contributed by atoms with E-state index in [0.717, 1.165) is 58.7 Å². The van der Waals surface area contributed by atoms with Crippen LogP contribution in [0.15, 0.2) is 0 Å². The molecule has 0 amide bonds. The maximum atomic E-state index is 2.31. The standard InChI is InChI=1S/6C6H14.4C5H10/c1-5-6(2,3)4;1-5(2)6(3)4;2*1-4-5-6(2)3;1-4-6(3)5-2;1-3-5-6-4-2;1-5(2)3-4-5;1-4-3-5(4)2;1-5-3-2-4-5;1-2-5-3-4-5/h5H2,1-4H3;5-6H,1-4H3;3*6H,4-5H2,1-3H3;3-6H2,1-2H3;3-4H2,1-2H3;4-5H,3H2,1-2H3;2*5H,2-4H2,1H3/t;;;;;;;4-,5?;;/m.......1../s1. The van der Waals surface area contributed by atoms with Gasteiger partial charge in [-0.2, -0.15) is 0 Å². The lowest BCUT2D eigenvalue weighted by Gasteiger charge is -2.18. The Morgan fingerprint density at radius 3 is 0.839 bits per heavy atom. The molecule has 4 rings (SSSR count). The summed E-state index contributed by atoms with van der Waals surface area (Å²) in [4.78, 5) is 0. The summed E-state index contributed by atoms with van der Waals surface area (Å²) in [5.74, 6) is 8.74. The monoisotopic (exact) mass is 797 g/mol. The molecule has 0 heterocycles. The molecule has 0 heteroatoms. The van der Waals surface area contributed by atoms with Crippen molar-refractivity contribution in [1.82, 2.24) is 0 Å². The van der Waals surface area contributed by atoms with E-state index in [-0.39, 0.29) is 0 Å². The van der Waals surface area contributed by atoms with E-state index in [1.807, 2.05) is 0 Å². The molecule has 0 radical (unpaired) electrons. The van der Waals surface area contributed by atoms with Crippen LogP contribution in [0.5, 0.6) is 0 Å². The lowest BCUT2D eigenvalue weighted by atomic mass is 9.88. The Balaban J connectivity index is -0.000000124. The van der Waals surface area contributed by atoms with E-state index in [1.54, 1.807) is 0 Å². The highest BCUT2D eigenvalue weighted by Crippen LogP contribution is 2.43. The lowest BCUT2D eigenvalue weighted by molar-refractivity contribution is 0.346. The molecular weight excluding hydrogens is 673 g/mol. The van der Waals surface area contributed by atoms with Gasteiger partial charge in [0.1, 0.15) is 0 Å². The normalized spacial score (nSPS) is 18.1. The summed E-state index contributed by atoms with van der Waals surface area (Å²) in [6.45, 7) is 56.3. The second kappa shape index (κ2) is 46.1. The van der Waals surface area contributed by atoms with Gasteiger partial charge in [0.05, 0.1) is 0 Å². The van der Waals surface area contributed by atoms with E-state index in [4.69, 9.17) is 0 Å². The smallest absolute Gasteiger partial charge is 0.0354 e. The molecule has 0 spiro atoms. The van der Waals surface area contributed by atoms with Gasteiger partial charge in [-0.05, 0) is 83.4 Å². The first-order valence-electron chi connectivity index (χ1n) is 25.8. The van der Waals surface area contributed by atoms with Crippen molar-refractivity contribution in [3.8, 4) is 0 Å². The minimum absolute atomic E-state index is 0.542. The van der Waals surface area contributed by atoms with Crippen LogP contribution in [0, 0.1) is 64.1 Å². The van der Waals surface area contributed by atoms with E-state index in [9.17, 15) is 0 Å². The molecule has 4 fully saturated rings. The highest BCUT2D eigenvalue weighted by molar-refractivity contribution is 4.82. The summed E-state index contributed by atoms with van der Waals surface area (Å²) < 4.78 is 0. The third-order valence-corrected chi connectivity index (χ3v) is 11.9. The van der Waals surface area contributed by atoms with Gasteiger partial charge < -0.3 is 0 Å². The van der Waals surface area contributed by atoms with Crippen LogP contribution in [-0.4, -0.2) is 0 Å². The van der Waals surface area contributed by atoms with Crippen LogP contribution in [0.3, 0.4) is 0 Å². The van der Waals surface area contributed by atoms with E-state index < -0.39 is 0 Å². The van der Waals surface area contributed by atoms with Gasteiger partial charge in [0.2, 0.25) is 0 Å². The minimum Gasteiger partial charge on any atom is -0.0654 e. The van der Waals surface area contributed by atoms with Crippen LogP contribution in [0.1, 0.15) is 302 Å². The maximum Gasteiger partial charge on any atom is -0.0354 e. The first kappa shape index (κ1) is 67.8. The molecule has 0 saturated heterocycles. The summed E-state index contributed by atoms with van der Waals surface area (Å²) in [7, 11) is 0. The summed E-state index contributed by atoms with van der Waals surface area (Å²) in [5.41, 5.74) is 1.29. The zero-order valence-corrected chi connectivity index (χ0v) is 45.3. The van der Waals surface area contributed by atoms with Crippen molar-refractivity contribution >= 4 is 0 Å². The minimum atomic E-state index is 0.542. The summed E-state index contributed by atoms with van der Waals surface area (Å²) >= 11 is 0. The number of rotatable bonds is 11. The van der Waals surface area contributed by atoms with Crippen molar-refractivity contribution in [3.63, 3.8) is 0 Å². The van der Waals surface area contributed by atoms with Crippen molar-refractivity contribution in [3.05, 3.63) is 0 Å². The van der Waals surface area contributed by atoms with E-state index in [0.29, 0.717) is 5.41 Å². The SMILES string of the molecule is CC(C)C(C)C.CC1(C)CC1.CC1CCC1.CC1C[C@H]1C.CCC(C)(C)C.CCC(C)CC.CCC1CC1.CCCC(C)C.CCCC(C)C.CCCCCC. The largest absolute Gasteiger partial charge is 0.0654 e. The van der Waals surface area contributed by atoms with E-state index >= 15 is 0 Å². The van der Waals surface area contributed by atoms with Gasteiger partial charge in [-0.15, -0.1) is 0 Å². The van der Waals surface area contributed by atoms with Gasteiger partial charge in [-0.1, -0.05) is 282 Å². The molecule has 1 unspecified atom stereocenters. The second-order valence-corrected chi connectivity index (χ2v) is 22.1. The van der Waals surface area contributed by atoms with Crippen molar-refractivity contribution in [2.45, 2.75) is 302 Å². The highest BCUT2D eigenvalue weighted by Gasteiger charge is 2.30. The molecule has 0 nitrogen and oxygen atoms in total. The van der Waals surface area contributed by atoms with Crippen LogP contribution in [-0.2, 0) is 0 Å². The fourth-order valence-electron chi connectivity index (χ4n) is 3.84. The average molecular weight is 798 g/mol. The molecule has 4 aliphatic rings. The summed E-state index contributed by atoms with van der Waals surface area (Å²) in [5, 5.41) is 0. The summed E-state index contributed by atoms with van der Waals surface area (Å²) in [6, 6.07) is 0. The van der Waals surface area contributed by atoms with Crippen LogP contribution in [0.4, 0.5) is 0 Å². The fraction of sp³-hybridized carbons (Fsp3) is 1.00. The molecule has 4 saturated carbocycles. The molecule has 0 aromatic rings. The molecule has 0 aromatic heterocycles. The molecule has 2 atom stereocenters. The number of hydrogen-bond donors (Lipinski definition) is 0. The Morgan fingerprint density at radius 1 is 0.536 bits per heavy atom. The second-order valence-electron chi connectivity index (χ2n) is 22.1. The van der Waals surface area contributed by atoms with Gasteiger partial charge in [0.15, 0.2) is 0 Å². The Hall–Kier alpha value is 0. The van der Waals surface area contributed by atoms with Crippen molar-refractivity contribution in [2.75, 3.05) is 0 Å². The zero-order valence-electron chi connectivity index (χ0n) is 45.3. The number of hydrogen-bond acceptors (Lipinski definition) is 0. The predicted octanol–water partition coefficient (Wildman–Crippen LogP) is 21.7. The molecule has 0 bridgehead atoms. The first-order valence-corrected chi connectivity index (χ1v) is 25.8. The highest BCUT2D eigenvalue weighted by atomic mass is 14.4. The van der Waals surface area contributed by atoms with Crippen LogP contribution in [0.2, 0.25) is 0 Å². The van der Waals surface area contributed by atoms with Gasteiger partial charge >= 0.3 is 0 Å². The van der Waals surface area contributed by atoms with Crippen LogP contribution >= 0.6 is 0 Å². The lowest BCUT2D eigenvalue weighted by Crippen LogP contribution is -2.04. The number of unbranched alkanes of at least 4 members (excludes halogenated alkanes) is 3.